The van der Waals surface area contributed by atoms with Crippen LogP contribution in [-0.4, -0.2) is 6.04 Å². The third-order valence-electron chi connectivity index (χ3n) is 3.11. The van der Waals surface area contributed by atoms with E-state index in [1.165, 1.54) is 5.56 Å². The van der Waals surface area contributed by atoms with E-state index in [-0.39, 0.29) is 0 Å². The van der Waals surface area contributed by atoms with E-state index in [0.717, 1.165) is 18.5 Å². The first-order valence-electron chi connectivity index (χ1n) is 7.13. The first-order valence-corrected chi connectivity index (χ1v) is 7.13. The van der Waals surface area contributed by atoms with Crippen molar-refractivity contribution in [3.63, 3.8) is 0 Å². The Balaban J connectivity index is 1.65. The minimum Gasteiger partial charge on any atom is -0.321 e. The fourth-order valence-corrected chi connectivity index (χ4v) is 1.93. The summed E-state index contributed by atoms with van der Waals surface area (Å²) in [6.45, 7) is 2.19. The molecule has 0 aliphatic heterocycles. The highest BCUT2D eigenvalue weighted by Gasteiger charge is 1.98. The lowest BCUT2D eigenvalue weighted by Gasteiger charge is -2.14. The second-order valence-electron chi connectivity index (χ2n) is 4.93. The van der Waals surface area contributed by atoms with Gasteiger partial charge in [0.15, 0.2) is 0 Å². The number of rotatable bonds is 7. The van der Waals surface area contributed by atoms with Crippen LogP contribution >= 0.6 is 0 Å². The van der Waals surface area contributed by atoms with Crippen LogP contribution in [0.4, 0.5) is 5.69 Å². The lowest BCUT2D eigenvalue weighted by molar-refractivity contribution is 0.566. The number of hydrazine groups is 1. The van der Waals surface area contributed by atoms with Crippen LogP contribution in [0.25, 0.3) is 6.08 Å². The molecule has 0 radical (unpaired) electrons. The quantitative estimate of drug-likeness (QED) is 0.722. The number of hydrogen-bond donors (Lipinski definition) is 2. The molecule has 20 heavy (non-hydrogen) atoms. The molecule has 2 heteroatoms. The van der Waals surface area contributed by atoms with Gasteiger partial charge < -0.3 is 5.43 Å². The van der Waals surface area contributed by atoms with Crippen LogP contribution in [0, 0.1) is 0 Å². The molecule has 1 atom stereocenters. The van der Waals surface area contributed by atoms with Crippen LogP contribution in [0.5, 0.6) is 0 Å². The Labute approximate surface area is 121 Å². The average molecular weight is 266 g/mol. The first-order chi connectivity index (χ1) is 9.84. The molecule has 0 saturated heterocycles. The van der Waals surface area contributed by atoms with Gasteiger partial charge in [0.2, 0.25) is 0 Å². The van der Waals surface area contributed by atoms with Gasteiger partial charge in [-0.2, -0.15) is 0 Å². The van der Waals surface area contributed by atoms with Gasteiger partial charge in [0.05, 0.1) is 0 Å². The van der Waals surface area contributed by atoms with Gasteiger partial charge in [-0.25, -0.2) is 5.43 Å². The second-order valence-corrected chi connectivity index (χ2v) is 4.93. The van der Waals surface area contributed by atoms with E-state index in [9.17, 15) is 0 Å². The Morgan fingerprint density at radius 1 is 0.950 bits per heavy atom. The van der Waals surface area contributed by atoms with Gasteiger partial charge in [0, 0.05) is 11.7 Å². The van der Waals surface area contributed by atoms with E-state index in [2.05, 4.69) is 66.3 Å². The number of anilines is 1. The monoisotopic (exact) mass is 266 g/mol. The molecule has 104 valence electrons. The summed E-state index contributed by atoms with van der Waals surface area (Å²) < 4.78 is 0. The van der Waals surface area contributed by atoms with Crippen molar-refractivity contribution in [2.75, 3.05) is 5.43 Å². The highest BCUT2D eigenvalue weighted by atomic mass is 15.4. The van der Waals surface area contributed by atoms with Gasteiger partial charge in [-0.1, -0.05) is 60.7 Å². The van der Waals surface area contributed by atoms with Crippen molar-refractivity contribution in [3.05, 3.63) is 72.3 Å². The van der Waals surface area contributed by atoms with Crippen molar-refractivity contribution in [2.45, 2.75) is 25.8 Å². The molecule has 0 fully saturated rings. The Kier molecular flexibility index (Phi) is 5.87. The fraction of sp³-hybridized carbons (Fsp3) is 0.222. The smallest absolute Gasteiger partial charge is 0.0487 e. The maximum absolute atomic E-state index is 3.31. The van der Waals surface area contributed by atoms with E-state index in [4.69, 9.17) is 0 Å². The maximum Gasteiger partial charge on any atom is 0.0487 e. The van der Waals surface area contributed by atoms with Gasteiger partial charge in [-0.3, -0.25) is 0 Å². The molecule has 0 aliphatic carbocycles. The lowest BCUT2D eigenvalue weighted by atomic mass is 10.1. The van der Waals surface area contributed by atoms with Crippen LogP contribution in [0.15, 0.2) is 66.7 Å². The summed E-state index contributed by atoms with van der Waals surface area (Å²) in [4.78, 5) is 0. The van der Waals surface area contributed by atoms with Crippen molar-refractivity contribution in [1.82, 2.24) is 5.43 Å². The van der Waals surface area contributed by atoms with Crippen LogP contribution in [0.1, 0.15) is 25.3 Å². The van der Waals surface area contributed by atoms with Gasteiger partial charge >= 0.3 is 0 Å². The zero-order valence-corrected chi connectivity index (χ0v) is 11.9. The fourth-order valence-electron chi connectivity index (χ4n) is 1.93. The molecule has 2 aromatic carbocycles. The van der Waals surface area contributed by atoms with E-state index in [1.54, 1.807) is 0 Å². The summed E-state index contributed by atoms with van der Waals surface area (Å²) in [5.74, 6) is 0. The second kappa shape index (κ2) is 8.18. The molecule has 0 spiro atoms. The summed E-state index contributed by atoms with van der Waals surface area (Å²) in [6, 6.07) is 21.0. The molecule has 0 aliphatic rings. The predicted molar refractivity (Wildman–Crippen MR) is 87.4 cm³/mol. The van der Waals surface area contributed by atoms with Crippen molar-refractivity contribution < 1.29 is 0 Å². The normalized spacial score (nSPS) is 12.4. The summed E-state index contributed by atoms with van der Waals surface area (Å²) in [5, 5.41) is 0. The van der Waals surface area contributed by atoms with Crippen molar-refractivity contribution in [1.29, 1.82) is 0 Å². The first kappa shape index (κ1) is 14.4. The molecular formula is C18H22N2. The molecule has 1 unspecified atom stereocenters. The van der Waals surface area contributed by atoms with E-state index in [0.29, 0.717) is 6.04 Å². The molecule has 0 aromatic heterocycles. The van der Waals surface area contributed by atoms with Crippen LogP contribution in [0.2, 0.25) is 0 Å². The Hall–Kier alpha value is -2.06. The molecule has 2 nitrogen and oxygen atoms in total. The van der Waals surface area contributed by atoms with Crippen molar-refractivity contribution >= 4 is 11.8 Å². The number of benzene rings is 2. The Bertz CT molecular complexity index is 505. The molecule has 0 heterocycles. The zero-order valence-electron chi connectivity index (χ0n) is 11.9. The average Bonchev–Trinajstić information content (AvgIpc) is 2.52. The summed E-state index contributed by atoms with van der Waals surface area (Å²) >= 11 is 0. The third-order valence-corrected chi connectivity index (χ3v) is 3.11. The number of para-hydroxylation sites is 1. The lowest BCUT2D eigenvalue weighted by Crippen LogP contribution is -2.31. The standard InChI is InChI=1S/C18H22N2/c1-16(19-20-18-14-6-3-7-15-18)10-8-9-13-17-11-4-2-5-12-17/h2-7,9,11-16,19-20H,8,10H2,1H3/b13-9+. The van der Waals surface area contributed by atoms with Gasteiger partial charge in [-0.05, 0) is 37.5 Å². The van der Waals surface area contributed by atoms with Crippen molar-refractivity contribution in [2.24, 2.45) is 0 Å². The maximum atomic E-state index is 3.31. The molecule has 0 saturated carbocycles. The van der Waals surface area contributed by atoms with E-state index < -0.39 is 0 Å². The molecular weight excluding hydrogens is 244 g/mol. The molecule has 2 N–H and O–H groups in total. The van der Waals surface area contributed by atoms with Gasteiger partial charge in [0.25, 0.3) is 0 Å². The number of nitrogens with one attached hydrogen (secondary N) is 2. The molecule has 2 rings (SSSR count). The van der Waals surface area contributed by atoms with Gasteiger partial charge in [-0.15, -0.1) is 0 Å². The third kappa shape index (κ3) is 5.29. The summed E-state index contributed by atoms with van der Waals surface area (Å²) in [7, 11) is 0. The predicted octanol–water partition coefficient (Wildman–Crippen LogP) is 4.49. The largest absolute Gasteiger partial charge is 0.321 e. The van der Waals surface area contributed by atoms with Gasteiger partial charge in [0.1, 0.15) is 0 Å². The summed E-state index contributed by atoms with van der Waals surface area (Å²) in [6.07, 6.45) is 6.58. The minimum absolute atomic E-state index is 0.427. The summed E-state index contributed by atoms with van der Waals surface area (Å²) in [5.41, 5.74) is 8.90. The highest BCUT2D eigenvalue weighted by molar-refractivity contribution is 5.48. The van der Waals surface area contributed by atoms with Crippen molar-refractivity contribution in [3.8, 4) is 0 Å². The topological polar surface area (TPSA) is 24.1 Å². The number of allylic oxidation sites excluding steroid dienone is 1. The Morgan fingerprint density at radius 2 is 1.60 bits per heavy atom. The van der Waals surface area contributed by atoms with Crippen LogP contribution in [0.3, 0.4) is 0 Å². The Morgan fingerprint density at radius 3 is 2.30 bits per heavy atom. The van der Waals surface area contributed by atoms with E-state index in [1.807, 2.05) is 24.3 Å². The number of hydrogen-bond acceptors (Lipinski definition) is 2. The molecule has 0 amide bonds. The highest BCUT2D eigenvalue weighted by Crippen LogP contribution is 2.06. The molecule has 0 bridgehead atoms. The molecule has 2 aromatic rings. The van der Waals surface area contributed by atoms with Crippen LogP contribution < -0.4 is 10.9 Å². The zero-order chi connectivity index (χ0) is 14.0. The minimum atomic E-state index is 0.427. The van der Waals surface area contributed by atoms with E-state index >= 15 is 0 Å². The van der Waals surface area contributed by atoms with Crippen LogP contribution in [-0.2, 0) is 0 Å². The SMILES string of the molecule is CC(CC/C=C/c1ccccc1)NNc1ccccc1.